The second-order valence-corrected chi connectivity index (χ2v) is 2.89. The molecule has 0 aromatic rings. The van der Waals surface area contributed by atoms with E-state index in [1.807, 2.05) is 12.4 Å². The summed E-state index contributed by atoms with van der Waals surface area (Å²) in [6.07, 6.45) is 3.92. The van der Waals surface area contributed by atoms with Gasteiger partial charge in [0.1, 0.15) is 0 Å². The van der Waals surface area contributed by atoms with Crippen molar-refractivity contribution in [1.82, 2.24) is 0 Å². The van der Waals surface area contributed by atoms with Gasteiger partial charge in [0.25, 0.3) is 0 Å². The van der Waals surface area contributed by atoms with Gasteiger partial charge >= 0.3 is 0 Å². The number of aliphatic imine (C=N–C) groups is 2. The Morgan fingerprint density at radius 3 is 2.00 bits per heavy atom. The van der Waals surface area contributed by atoms with Gasteiger partial charge < -0.3 is 0 Å². The molecule has 0 radical (unpaired) electrons. The molecule has 0 spiro atoms. The molecule has 1 aliphatic rings. The number of nitrogens with zero attached hydrogens (tertiary/aromatic N) is 2. The summed E-state index contributed by atoms with van der Waals surface area (Å²) in [6, 6.07) is 0. The fraction of sp³-hybridized carbons (Fsp3) is 0.714. The minimum Gasteiger partial charge on any atom is -0.295 e. The van der Waals surface area contributed by atoms with Gasteiger partial charge in [0.15, 0.2) is 0 Å². The Balaban J connectivity index is 2.70. The first-order valence-electron chi connectivity index (χ1n) is 3.23. The molecule has 0 unspecified atom stereocenters. The molecule has 0 fully saturated rings. The average Bonchev–Trinajstić information content (AvgIpc) is 1.92. The lowest BCUT2D eigenvalue weighted by Crippen LogP contribution is -2.13. The largest absolute Gasteiger partial charge is 0.295 e. The van der Waals surface area contributed by atoms with E-state index in [4.69, 9.17) is 0 Å². The lowest BCUT2D eigenvalue weighted by atomic mass is 9.98. The molecule has 50 valence electrons. The topological polar surface area (TPSA) is 24.7 Å². The molecule has 1 rings (SSSR count). The van der Waals surface area contributed by atoms with Crippen LogP contribution in [0.2, 0.25) is 0 Å². The Morgan fingerprint density at radius 1 is 1.11 bits per heavy atom. The normalized spacial score (nSPS) is 23.8. The van der Waals surface area contributed by atoms with Crippen molar-refractivity contribution in [2.75, 3.05) is 13.1 Å². The first kappa shape index (κ1) is 6.46. The van der Waals surface area contributed by atoms with Gasteiger partial charge in [0.2, 0.25) is 0 Å². The number of hydrogen-bond acceptors (Lipinski definition) is 2. The van der Waals surface area contributed by atoms with Gasteiger partial charge in [0.05, 0.1) is 13.1 Å². The third kappa shape index (κ3) is 1.96. The Labute approximate surface area is 55.7 Å². The first-order valence-corrected chi connectivity index (χ1v) is 3.23. The van der Waals surface area contributed by atoms with Crippen LogP contribution in [0.3, 0.4) is 0 Å². The molecule has 9 heavy (non-hydrogen) atoms. The van der Waals surface area contributed by atoms with E-state index in [-0.39, 0.29) is 5.41 Å². The standard InChI is InChI=1S/C7H12N2/c1-7(2)5-8-3-4-9-6-7/h5-6H,3-4H2,1-2H3. The van der Waals surface area contributed by atoms with Crippen LogP contribution >= 0.6 is 0 Å². The minimum atomic E-state index is 0.0799. The maximum atomic E-state index is 4.17. The summed E-state index contributed by atoms with van der Waals surface area (Å²) in [5.41, 5.74) is 0.0799. The first-order chi connectivity index (χ1) is 4.21. The van der Waals surface area contributed by atoms with E-state index >= 15 is 0 Å². The van der Waals surface area contributed by atoms with Crippen molar-refractivity contribution in [1.29, 1.82) is 0 Å². The molecule has 2 nitrogen and oxygen atoms in total. The zero-order chi connectivity index (χ0) is 6.74. The van der Waals surface area contributed by atoms with E-state index in [2.05, 4.69) is 23.8 Å². The third-order valence-corrected chi connectivity index (χ3v) is 1.21. The Hall–Kier alpha value is -0.660. The molecule has 0 aromatic heterocycles. The molecule has 0 aliphatic carbocycles. The summed E-state index contributed by atoms with van der Waals surface area (Å²) < 4.78 is 0. The van der Waals surface area contributed by atoms with Crippen LogP contribution in [0.15, 0.2) is 9.98 Å². The van der Waals surface area contributed by atoms with Gasteiger partial charge in [-0.3, -0.25) is 9.98 Å². The van der Waals surface area contributed by atoms with Crippen molar-refractivity contribution in [2.45, 2.75) is 13.8 Å². The quantitative estimate of drug-likeness (QED) is 0.463. The highest BCUT2D eigenvalue weighted by Gasteiger charge is 2.11. The molecular formula is C7H12N2. The van der Waals surface area contributed by atoms with Crippen LogP contribution in [0.4, 0.5) is 0 Å². The third-order valence-electron chi connectivity index (χ3n) is 1.21. The van der Waals surface area contributed by atoms with Crippen molar-refractivity contribution in [2.24, 2.45) is 15.4 Å². The molecule has 2 heteroatoms. The average molecular weight is 124 g/mol. The Morgan fingerprint density at radius 2 is 1.56 bits per heavy atom. The molecule has 0 N–H and O–H groups in total. The highest BCUT2D eigenvalue weighted by atomic mass is 14.8. The number of hydrogen-bond donors (Lipinski definition) is 0. The summed E-state index contributed by atoms with van der Waals surface area (Å²) in [6.45, 7) is 5.90. The van der Waals surface area contributed by atoms with Gasteiger partial charge in [-0.1, -0.05) is 0 Å². The van der Waals surface area contributed by atoms with Gasteiger partial charge in [0, 0.05) is 17.8 Å². The molecule has 0 amide bonds. The lowest BCUT2D eigenvalue weighted by Gasteiger charge is -2.08. The van der Waals surface area contributed by atoms with Crippen LogP contribution < -0.4 is 0 Å². The fourth-order valence-corrected chi connectivity index (χ4v) is 0.748. The van der Waals surface area contributed by atoms with E-state index < -0.39 is 0 Å². The van der Waals surface area contributed by atoms with Crippen LogP contribution in [0, 0.1) is 5.41 Å². The SMILES string of the molecule is CC1(C)C=NCCN=C1. The van der Waals surface area contributed by atoms with Crippen molar-refractivity contribution >= 4 is 12.4 Å². The summed E-state index contributed by atoms with van der Waals surface area (Å²) in [5, 5.41) is 0. The molecule has 1 heterocycles. The van der Waals surface area contributed by atoms with Gasteiger partial charge in [-0.25, -0.2) is 0 Å². The van der Waals surface area contributed by atoms with Crippen molar-refractivity contribution in [3.05, 3.63) is 0 Å². The second-order valence-electron chi connectivity index (χ2n) is 2.89. The van der Waals surface area contributed by atoms with E-state index in [0.29, 0.717) is 0 Å². The molecule has 0 saturated heterocycles. The highest BCUT2D eigenvalue weighted by molar-refractivity contribution is 5.88. The van der Waals surface area contributed by atoms with Gasteiger partial charge in [-0.15, -0.1) is 0 Å². The van der Waals surface area contributed by atoms with Crippen molar-refractivity contribution in [3.63, 3.8) is 0 Å². The predicted molar refractivity (Wildman–Crippen MR) is 40.5 cm³/mol. The van der Waals surface area contributed by atoms with Crippen molar-refractivity contribution < 1.29 is 0 Å². The molecule has 0 atom stereocenters. The summed E-state index contributed by atoms with van der Waals surface area (Å²) in [5.74, 6) is 0. The van der Waals surface area contributed by atoms with Crippen LogP contribution in [0.5, 0.6) is 0 Å². The fourth-order valence-electron chi connectivity index (χ4n) is 0.748. The smallest absolute Gasteiger partial charge is 0.0581 e. The highest BCUT2D eigenvalue weighted by Crippen LogP contribution is 2.08. The van der Waals surface area contributed by atoms with Crippen LogP contribution in [-0.2, 0) is 0 Å². The molecule has 0 aromatic carbocycles. The predicted octanol–water partition coefficient (Wildman–Crippen LogP) is 1.17. The lowest BCUT2D eigenvalue weighted by molar-refractivity contribution is 0.766. The number of rotatable bonds is 0. The maximum absolute atomic E-state index is 4.17. The molecular weight excluding hydrogens is 112 g/mol. The second kappa shape index (κ2) is 2.29. The Bertz CT molecular complexity index is 129. The Kier molecular flexibility index (Phi) is 1.65. The van der Waals surface area contributed by atoms with Crippen LogP contribution in [0.1, 0.15) is 13.8 Å². The van der Waals surface area contributed by atoms with Crippen molar-refractivity contribution in [3.8, 4) is 0 Å². The van der Waals surface area contributed by atoms with Crippen LogP contribution in [-0.4, -0.2) is 25.5 Å². The van der Waals surface area contributed by atoms with E-state index in [1.165, 1.54) is 0 Å². The van der Waals surface area contributed by atoms with E-state index in [1.54, 1.807) is 0 Å². The zero-order valence-corrected chi connectivity index (χ0v) is 5.96. The molecule has 0 saturated carbocycles. The maximum Gasteiger partial charge on any atom is 0.0581 e. The summed E-state index contributed by atoms with van der Waals surface area (Å²) in [7, 11) is 0. The molecule has 0 bridgehead atoms. The summed E-state index contributed by atoms with van der Waals surface area (Å²) >= 11 is 0. The van der Waals surface area contributed by atoms with E-state index in [9.17, 15) is 0 Å². The van der Waals surface area contributed by atoms with Gasteiger partial charge in [-0.2, -0.15) is 0 Å². The minimum absolute atomic E-state index is 0.0799. The van der Waals surface area contributed by atoms with E-state index in [0.717, 1.165) is 13.1 Å². The van der Waals surface area contributed by atoms with Gasteiger partial charge in [-0.05, 0) is 13.8 Å². The monoisotopic (exact) mass is 124 g/mol. The zero-order valence-electron chi connectivity index (χ0n) is 5.96. The molecule has 1 aliphatic heterocycles. The van der Waals surface area contributed by atoms with Crippen LogP contribution in [0.25, 0.3) is 0 Å². The summed E-state index contributed by atoms with van der Waals surface area (Å²) in [4.78, 5) is 8.35.